The maximum Gasteiger partial charge on any atom is 0.270 e. The first-order valence-corrected chi connectivity index (χ1v) is 7.99. The van der Waals surface area contributed by atoms with Crippen LogP contribution in [0, 0.1) is 18.6 Å². The summed E-state index contributed by atoms with van der Waals surface area (Å²) in [7, 11) is 0. The van der Waals surface area contributed by atoms with Crippen LogP contribution < -0.4 is 5.32 Å². The summed E-state index contributed by atoms with van der Waals surface area (Å²) in [5.41, 5.74) is 0.526. The third kappa shape index (κ3) is 3.84. The number of carbonyl (C=O) groups is 2. The van der Waals surface area contributed by atoms with Crippen molar-refractivity contribution in [2.24, 2.45) is 0 Å². The number of benzene rings is 1. The van der Waals surface area contributed by atoms with Gasteiger partial charge in [-0.2, -0.15) is 0 Å². The molecule has 1 fully saturated rings. The molecule has 1 saturated heterocycles. The van der Waals surface area contributed by atoms with Crippen molar-refractivity contribution in [3.05, 3.63) is 53.1 Å². The number of carbonyl (C=O) groups excluding carboxylic acids is 2. The molecule has 0 bridgehead atoms. The molecule has 2 N–H and O–H groups in total. The summed E-state index contributed by atoms with van der Waals surface area (Å²) in [6.07, 6.45) is 2.60. The van der Waals surface area contributed by atoms with Crippen LogP contribution in [0.1, 0.15) is 34.7 Å². The van der Waals surface area contributed by atoms with Crippen molar-refractivity contribution in [1.82, 2.24) is 20.2 Å². The molecular weight excluding hydrogens is 330 g/mol. The van der Waals surface area contributed by atoms with E-state index < -0.39 is 23.6 Å². The molecule has 1 aromatic carbocycles. The van der Waals surface area contributed by atoms with Gasteiger partial charge in [0, 0.05) is 24.7 Å². The molecule has 1 aliphatic heterocycles. The van der Waals surface area contributed by atoms with Gasteiger partial charge in [-0.3, -0.25) is 9.59 Å². The minimum Gasteiger partial charge on any atom is -0.339 e. The fourth-order valence-corrected chi connectivity index (χ4v) is 2.86. The van der Waals surface area contributed by atoms with E-state index in [1.165, 1.54) is 17.2 Å². The lowest BCUT2D eigenvalue weighted by molar-refractivity contribution is -0.136. The van der Waals surface area contributed by atoms with E-state index in [0.29, 0.717) is 25.2 Å². The fourth-order valence-electron chi connectivity index (χ4n) is 2.86. The van der Waals surface area contributed by atoms with Crippen molar-refractivity contribution in [2.45, 2.75) is 32.4 Å². The van der Waals surface area contributed by atoms with Gasteiger partial charge in [0.1, 0.15) is 29.2 Å². The molecule has 25 heavy (non-hydrogen) atoms. The number of hydrogen-bond acceptors (Lipinski definition) is 3. The van der Waals surface area contributed by atoms with E-state index in [-0.39, 0.29) is 23.7 Å². The van der Waals surface area contributed by atoms with Crippen molar-refractivity contribution in [2.75, 3.05) is 6.54 Å². The van der Waals surface area contributed by atoms with Crippen LogP contribution in [0.25, 0.3) is 0 Å². The Morgan fingerprint density at radius 2 is 2.24 bits per heavy atom. The number of likely N-dealkylation sites (tertiary alicyclic amines) is 1. The average Bonchev–Trinajstić information content (AvgIpc) is 3.00. The molecule has 1 aliphatic rings. The van der Waals surface area contributed by atoms with Gasteiger partial charge in [0.05, 0.1) is 6.20 Å². The Morgan fingerprint density at radius 1 is 1.44 bits per heavy atom. The summed E-state index contributed by atoms with van der Waals surface area (Å²) >= 11 is 0. The quantitative estimate of drug-likeness (QED) is 0.886. The highest BCUT2D eigenvalue weighted by Crippen LogP contribution is 2.18. The van der Waals surface area contributed by atoms with Gasteiger partial charge in [-0.15, -0.1) is 0 Å². The van der Waals surface area contributed by atoms with Crippen LogP contribution in [0.3, 0.4) is 0 Å². The number of nitrogens with zero attached hydrogens (tertiary/aromatic N) is 2. The predicted octanol–water partition coefficient (Wildman–Crippen LogP) is 1.92. The van der Waals surface area contributed by atoms with E-state index >= 15 is 0 Å². The number of hydrogen-bond donors (Lipinski definition) is 2. The van der Waals surface area contributed by atoms with E-state index in [0.717, 1.165) is 12.1 Å². The first-order valence-electron chi connectivity index (χ1n) is 7.99. The molecule has 1 aromatic heterocycles. The van der Waals surface area contributed by atoms with Gasteiger partial charge in [-0.05, 0) is 25.8 Å². The summed E-state index contributed by atoms with van der Waals surface area (Å²) in [6.45, 7) is 2.23. The zero-order valence-corrected chi connectivity index (χ0v) is 13.7. The number of amides is 2. The van der Waals surface area contributed by atoms with E-state index in [1.807, 2.05) is 0 Å². The Labute approximate surface area is 143 Å². The lowest BCUT2D eigenvalue weighted by Crippen LogP contribution is -2.52. The average molecular weight is 348 g/mol. The Morgan fingerprint density at radius 3 is 2.92 bits per heavy atom. The maximum absolute atomic E-state index is 13.8. The SMILES string of the molecule is Cc1ncc(C(=O)NC2CCCN(Cc3ccc(F)cc3F)C2=O)[nH]1. The smallest absolute Gasteiger partial charge is 0.270 e. The topological polar surface area (TPSA) is 78.1 Å². The van der Waals surface area contributed by atoms with Crippen LogP contribution in [0.4, 0.5) is 8.78 Å². The lowest BCUT2D eigenvalue weighted by Gasteiger charge is -2.32. The molecule has 2 amide bonds. The molecule has 132 valence electrons. The number of aromatic amines is 1. The molecule has 0 aliphatic carbocycles. The molecule has 2 heterocycles. The standard InChI is InChI=1S/C17H18F2N4O2/c1-10-20-8-15(21-10)16(24)22-14-3-2-6-23(17(14)25)9-11-4-5-12(18)7-13(11)19/h4-5,7-8,14H,2-3,6,9H2,1H3,(H,20,21)(H,22,24). The fraction of sp³-hybridized carbons (Fsp3) is 0.353. The number of piperidine rings is 1. The van der Waals surface area contributed by atoms with Crippen LogP contribution in [0.2, 0.25) is 0 Å². The maximum atomic E-state index is 13.8. The molecule has 2 aromatic rings. The highest BCUT2D eigenvalue weighted by atomic mass is 19.1. The first kappa shape index (κ1) is 17.1. The lowest BCUT2D eigenvalue weighted by atomic mass is 10.0. The highest BCUT2D eigenvalue weighted by Gasteiger charge is 2.30. The highest BCUT2D eigenvalue weighted by molar-refractivity contribution is 5.96. The molecule has 0 spiro atoms. The minimum atomic E-state index is -0.688. The van der Waals surface area contributed by atoms with Crippen molar-refractivity contribution in [1.29, 1.82) is 0 Å². The second-order valence-electron chi connectivity index (χ2n) is 6.05. The number of H-pyrrole nitrogens is 1. The van der Waals surface area contributed by atoms with Gasteiger partial charge in [0.2, 0.25) is 5.91 Å². The molecule has 0 radical (unpaired) electrons. The second kappa shape index (κ2) is 7.00. The number of imidazole rings is 1. The predicted molar refractivity (Wildman–Crippen MR) is 85.6 cm³/mol. The van der Waals surface area contributed by atoms with E-state index in [4.69, 9.17) is 0 Å². The van der Waals surface area contributed by atoms with Crippen LogP contribution in [0.15, 0.2) is 24.4 Å². The van der Waals surface area contributed by atoms with Gasteiger partial charge >= 0.3 is 0 Å². The normalized spacial score (nSPS) is 17.6. The van der Waals surface area contributed by atoms with Gasteiger partial charge in [0.15, 0.2) is 0 Å². The van der Waals surface area contributed by atoms with Gasteiger partial charge < -0.3 is 15.2 Å². The zero-order valence-electron chi connectivity index (χ0n) is 13.7. The molecule has 0 saturated carbocycles. The monoisotopic (exact) mass is 348 g/mol. The number of aromatic nitrogens is 2. The first-order chi connectivity index (χ1) is 11.9. The van der Waals surface area contributed by atoms with Gasteiger partial charge in [0.25, 0.3) is 5.91 Å². The summed E-state index contributed by atoms with van der Waals surface area (Å²) in [4.78, 5) is 33.0. The van der Waals surface area contributed by atoms with Crippen molar-refractivity contribution in [3.8, 4) is 0 Å². The third-order valence-electron chi connectivity index (χ3n) is 4.16. The Balaban J connectivity index is 1.67. The Bertz CT molecular complexity index is 806. The number of halogens is 2. The summed E-state index contributed by atoms with van der Waals surface area (Å²) in [5, 5.41) is 2.68. The van der Waals surface area contributed by atoms with Crippen molar-refractivity contribution < 1.29 is 18.4 Å². The third-order valence-corrected chi connectivity index (χ3v) is 4.16. The van der Waals surface area contributed by atoms with E-state index in [1.54, 1.807) is 6.92 Å². The number of nitrogens with one attached hydrogen (secondary N) is 2. The largest absolute Gasteiger partial charge is 0.339 e. The minimum absolute atomic E-state index is 0.0421. The molecule has 3 rings (SSSR count). The van der Waals surface area contributed by atoms with Crippen LogP contribution in [0.5, 0.6) is 0 Å². The van der Waals surface area contributed by atoms with Crippen LogP contribution >= 0.6 is 0 Å². The molecule has 1 atom stereocenters. The second-order valence-corrected chi connectivity index (χ2v) is 6.05. The molecule has 6 nitrogen and oxygen atoms in total. The van der Waals surface area contributed by atoms with Crippen molar-refractivity contribution in [3.63, 3.8) is 0 Å². The zero-order chi connectivity index (χ0) is 18.0. The Kier molecular flexibility index (Phi) is 4.78. The van der Waals surface area contributed by atoms with Crippen LogP contribution in [-0.4, -0.2) is 39.3 Å². The summed E-state index contributed by atoms with van der Waals surface area (Å²) in [6, 6.07) is 2.61. The number of rotatable bonds is 4. The molecule has 8 heteroatoms. The summed E-state index contributed by atoms with van der Waals surface area (Å²) in [5.74, 6) is -1.43. The van der Waals surface area contributed by atoms with E-state index in [2.05, 4.69) is 15.3 Å². The van der Waals surface area contributed by atoms with Gasteiger partial charge in [-0.25, -0.2) is 13.8 Å². The van der Waals surface area contributed by atoms with Crippen LogP contribution in [-0.2, 0) is 11.3 Å². The number of aryl methyl sites for hydroxylation is 1. The molecular formula is C17H18F2N4O2. The van der Waals surface area contributed by atoms with Crippen molar-refractivity contribution >= 4 is 11.8 Å². The van der Waals surface area contributed by atoms with Gasteiger partial charge in [-0.1, -0.05) is 6.07 Å². The Hall–Kier alpha value is -2.77. The molecule has 1 unspecified atom stereocenters. The summed E-state index contributed by atoms with van der Waals surface area (Å²) < 4.78 is 26.8. The van der Waals surface area contributed by atoms with E-state index in [9.17, 15) is 18.4 Å².